The number of aryl methyl sites for hydroxylation is 1. The summed E-state index contributed by atoms with van der Waals surface area (Å²) in [6.45, 7) is 2.89. The van der Waals surface area contributed by atoms with Crippen molar-refractivity contribution in [3.8, 4) is 0 Å². The monoisotopic (exact) mass is 242 g/mol. The molecule has 0 bridgehead atoms. The first-order valence-electron chi connectivity index (χ1n) is 6.03. The van der Waals surface area contributed by atoms with E-state index >= 15 is 0 Å². The van der Waals surface area contributed by atoms with Gasteiger partial charge in [-0.05, 0) is 29.7 Å². The van der Waals surface area contributed by atoms with Gasteiger partial charge in [0.05, 0.1) is 5.69 Å². The van der Waals surface area contributed by atoms with E-state index in [-0.39, 0.29) is 0 Å². The summed E-state index contributed by atoms with van der Waals surface area (Å²) >= 11 is 0. The number of benzene rings is 1. The Hall–Kier alpha value is -2.23. The van der Waals surface area contributed by atoms with E-state index in [2.05, 4.69) is 35.4 Å². The predicted molar refractivity (Wildman–Crippen MR) is 76.2 cm³/mol. The minimum absolute atomic E-state index is 0.365. The second kappa shape index (κ2) is 5.40. The molecule has 5 N–H and O–H groups in total. The quantitative estimate of drug-likeness (QED) is 0.769. The molecule has 0 spiro atoms. The lowest BCUT2D eigenvalue weighted by Gasteiger charge is -2.10. The lowest BCUT2D eigenvalue weighted by Crippen LogP contribution is -2.06. The SMILES string of the molecule is CCc1ccccc1CNc1ccc(N)c(N)n1. The Morgan fingerprint density at radius 1 is 1.06 bits per heavy atom. The summed E-state index contributed by atoms with van der Waals surface area (Å²) in [6.07, 6.45) is 1.02. The van der Waals surface area contributed by atoms with E-state index in [0.29, 0.717) is 11.5 Å². The first-order valence-corrected chi connectivity index (χ1v) is 6.03. The summed E-state index contributed by atoms with van der Waals surface area (Å²) in [5, 5.41) is 3.26. The molecule has 0 atom stereocenters. The molecule has 0 unspecified atom stereocenters. The fourth-order valence-electron chi connectivity index (χ4n) is 1.84. The second-order valence-electron chi connectivity index (χ2n) is 4.15. The number of hydrogen-bond acceptors (Lipinski definition) is 4. The van der Waals surface area contributed by atoms with Crippen molar-refractivity contribution in [1.82, 2.24) is 4.98 Å². The molecule has 1 heterocycles. The van der Waals surface area contributed by atoms with Crippen LogP contribution in [0.2, 0.25) is 0 Å². The van der Waals surface area contributed by atoms with Gasteiger partial charge in [-0.1, -0.05) is 31.2 Å². The van der Waals surface area contributed by atoms with Crippen molar-refractivity contribution in [3.63, 3.8) is 0 Å². The zero-order valence-corrected chi connectivity index (χ0v) is 10.5. The molecule has 18 heavy (non-hydrogen) atoms. The molecule has 4 nitrogen and oxygen atoms in total. The summed E-state index contributed by atoms with van der Waals surface area (Å²) in [5.74, 6) is 1.11. The van der Waals surface area contributed by atoms with E-state index in [0.717, 1.165) is 18.8 Å². The number of nitrogens with two attached hydrogens (primary N) is 2. The van der Waals surface area contributed by atoms with Gasteiger partial charge in [0.25, 0.3) is 0 Å². The normalized spacial score (nSPS) is 10.3. The average molecular weight is 242 g/mol. The highest BCUT2D eigenvalue weighted by Crippen LogP contribution is 2.16. The third kappa shape index (κ3) is 2.71. The summed E-state index contributed by atoms with van der Waals surface area (Å²) in [4.78, 5) is 4.18. The molecule has 0 radical (unpaired) electrons. The van der Waals surface area contributed by atoms with E-state index in [9.17, 15) is 0 Å². The Morgan fingerprint density at radius 3 is 2.44 bits per heavy atom. The van der Waals surface area contributed by atoms with Crippen LogP contribution in [0, 0.1) is 0 Å². The second-order valence-corrected chi connectivity index (χ2v) is 4.15. The van der Waals surface area contributed by atoms with Gasteiger partial charge in [0.1, 0.15) is 11.6 Å². The molecule has 94 valence electrons. The largest absolute Gasteiger partial charge is 0.396 e. The lowest BCUT2D eigenvalue weighted by molar-refractivity contribution is 1.03. The smallest absolute Gasteiger partial charge is 0.149 e. The molecule has 1 aromatic carbocycles. The summed E-state index contributed by atoms with van der Waals surface area (Å²) in [5.41, 5.74) is 14.4. The molecule has 0 aliphatic rings. The Labute approximate surface area is 107 Å². The number of nitrogens with zero attached hydrogens (tertiary/aromatic N) is 1. The molecule has 0 fully saturated rings. The highest BCUT2D eigenvalue weighted by Gasteiger charge is 2.02. The molecule has 0 amide bonds. The molecule has 4 heteroatoms. The first kappa shape index (κ1) is 12.2. The molecular formula is C14H18N4. The number of rotatable bonds is 4. The zero-order chi connectivity index (χ0) is 13.0. The van der Waals surface area contributed by atoms with Crippen molar-refractivity contribution in [2.24, 2.45) is 0 Å². The van der Waals surface area contributed by atoms with Crippen LogP contribution in [0.4, 0.5) is 17.3 Å². The molecule has 0 saturated carbocycles. The van der Waals surface area contributed by atoms with Gasteiger partial charge in [-0.15, -0.1) is 0 Å². The van der Waals surface area contributed by atoms with Crippen LogP contribution in [0.25, 0.3) is 0 Å². The van der Waals surface area contributed by atoms with Crippen molar-refractivity contribution < 1.29 is 0 Å². The Bertz CT molecular complexity index is 537. The third-order valence-electron chi connectivity index (χ3n) is 2.92. The zero-order valence-electron chi connectivity index (χ0n) is 10.5. The van der Waals surface area contributed by atoms with E-state index in [1.807, 2.05) is 12.1 Å². The number of aromatic nitrogens is 1. The van der Waals surface area contributed by atoms with E-state index in [4.69, 9.17) is 11.5 Å². The third-order valence-corrected chi connectivity index (χ3v) is 2.92. The van der Waals surface area contributed by atoms with Crippen LogP contribution in [0.15, 0.2) is 36.4 Å². The van der Waals surface area contributed by atoms with Crippen molar-refractivity contribution in [1.29, 1.82) is 0 Å². The van der Waals surface area contributed by atoms with Gasteiger partial charge in [-0.2, -0.15) is 0 Å². The van der Waals surface area contributed by atoms with E-state index in [1.54, 1.807) is 6.07 Å². The minimum atomic E-state index is 0.365. The maximum atomic E-state index is 5.67. The Balaban J connectivity index is 2.09. The van der Waals surface area contributed by atoms with Crippen LogP contribution >= 0.6 is 0 Å². The highest BCUT2D eigenvalue weighted by atomic mass is 15.0. The molecule has 0 aliphatic carbocycles. The van der Waals surface area contributed by atoms with Crippen LogP contribution in [0.3, 0.4) is 0 Å². The van der Waals surface area contributed by atoms with Gasteiger partial charge < -0.3 is 16.8 Å². The highest BCUT2D eigenvalue weighted by molar-refractivity contribution is 5.61. The molecule has 2 aromatic rings. The number of hydrogen-bond donors (Lipinski definition) is 3. The van der Waals surface area contributed by atoms with Crippen molar-refractivity contribution in [3.05, 3.63) is 47.5 Å². The molecule has 2 rings (SSSR count). The minimum Gasteiger partial charge on any atom is -0.396 e. The number of nitrogen functional groups attached to an aromatic ring is 2. The Kier molecular flexibility index (Phi) is 3.67. The van der Waals surface area contributed by atoms with Gasteiger partial charge in [0, 0.05) is 6.54 Å². The maximum absolute atomic E-state index is 5.67. The summed E-state index contributed by atoms with van der Waals surface area (Å²) in [7, 11) is 0. The van der Waals surface area contributed by atoms with Gasteiger partial charge in [-0.25, -0.2) is 4.98 Å². The van der Waals surface area contributed by atoms with Crippen LogP contribution in [0.1, 0.15) is 18.1 Å². The Morgan fingerprint density at radius 2 is 1.78 bits per heavy atom. The fraction of sp³-hybridized carbons (Fsp3) is 0.214. The van der Waals surface area contributed by atoms with Crippen molar-refractivity contribution in [2.45, 2.75) is 19.9 Å². The van der Waals surface area contributed by atoms with Gasteiger partial charge in [0.15, 0.2) is 0 Å². The van der Waals surface area contributed by atoms with Gasteiger partial charge in [0.2, 0.25) is 0 Å². The fourth-order valence-corrected chi connectivity index (χ4v) is 1.84. The molecule has 1 aromatic heterocycles. The van der Waals surface area contributed by atoms with Crippen LogP contribution < -0.4 is 16.8 Å². The standard InChI is InChI=1S/C14H18N4/c1-2-10-5-3-4-6-11(10)9-17-13-8-7-12(15)14(16)18-13/h3-8H,2,9,15H2,1H3,(H3,16,17,18). The lowest BCUT2D eigenvalue weighted by atomic mass is 10.1. The topological polar surface area (TPSA) is 77.0 Å². The van der Waals surface area contributed by atoms with Crippen LogP contribution in [0.5, 0.6) is 0 Å². The number of anilines is 3. The van der Waals surface area contributed by atoms with Gasteiger partial charge >= 0.3 is 0 Å². The van der Waals surface area contributed by atoms with Crippen LogP contribution in [-0.2, 0) is 13.0 Å². The van der Waals surface area contributed by atoms with E-state index in [1.165, 1.54) is 11.1 Å². The van der Waals surface area contributed by atoms with Crippen molar-refractivity contribution >= 4 is 17.3 Å². The van der Waals surface area contributed by atoms with Crippen molar-refractivity contribution in [2.75, 3.05) is 16.8 Å². The summed E-state index contributed by atoms with van der Waals surface area (Å²) in [6, 6.07) is 12.0. The average Bonchev–Trinajstić information content (AvgIpc) is 2.40. The molecule has 0 saturated heterocycles. The van der Waals surface area contributed by atoms with E-state index < -0.39 is 0 Å². The summed E-state index contributed by atoms with van der Waals surface area (Å²) < 4.78 is 0. The van der Waals surface area contributed by atoms with Crippen LogP contribution in [-0.4, -0.2) is 4.98 Å². The number of pyridine rings is 1. The molecular weight excluding hydrogens is 224 g/mol. The number of nitrogens with one attached hydrogen (secondary N) is 1. The molecule has 0 aliphatic heterocycles. The predicted octanol–water partition coefficient (Wildman–Crippen LogP) is 2.42. The maximum Gasteiger partial charge on any atom is 0.149 e. The first-order chi connectivity index (χ1) is 8.70. The van der Waals surface area contributed by atoms with Gasteiger partial charge in [-0.3, -0.25) is 0 Å².